The summed E-state index contributed by atoms with van der Waals surface area (Å²) in [6, 6.07) is 17.4. The summed E-state index contributed by atoms with van der Waals surface area (Å²) in [6.45, 7) is 7.03. The molecular formula is C26H35N3O4. The van der Waals surface area contributed by atoms with Crippen molar-refractivity contribution in [2.24, 2.45) is 0 Å². The zero-order valence-electron chi connectivity index (χ0n) is 19.4. The van der Waals surface area contributed by atoms with Gasteiger partial charge in [0.25, 0.3) is 5.91 Å². The summed E-state index contributed by atoms with van der Waals surface area (Å²) in [7, 11) is 1.62. The van der Waals surface area contributed by atoms with Gasteiger partial charge in [-0.1, -0.05) is 30.3 Å². The Labute approximate surface area is 196 Å². The zero-order valence-corrected chi connectivity index (χ0v) is 19.4. The van der Waals surface area contributed by atoms with Crippen molar-refractivity contribution in [1.29, 1.82) is 0 Å². The van der Waals surface area contributed by atoms with Crippen LogP contribution in [0.5, 0.6) is 5.75 Å². The van der Waals surface area contributed by atoms with E-state index in [0.29, 0.717) is 25.1 Å². The molecule has 2 aromatic rings. The smallest absolute Gasteiger partial charge is 0.253 e. The van der Waals surface area contributed by atoms with E-state index in [1.165, 1.54) is 0 Å². The van der Waals surface area contributed by atoms with Crippen LogP contribution >= 0.6 is 0 Å². The van der Waals surface area contributed by atoms with Crippen molar-refractivity contribution in [2.75, 3.05) is 66.1 Å². The van der Waals surface area contributed by atoms with Gasteiger partial charge in [0, 0.05) is 57.9 Å². The van der Waals surface area contributed by atoms with Crippen molar-refractivity contribution in [2.45, 2.75) is 18.6 Å². The molecule has 4 rings (SSSR count). The number of aliphatic hydroxyl groups excluding tert-OH is 1. The third-order valence-corrected chi connectivity index (χ3v) is 6.46. The number of hydrogen-bond donors (Lipinski definition) is 1. The summed E-state index contributed by atoms with van der Waals surface area (Å²) in [5.74, 6) is 0.829. The fraction of sp³-hybridized carbons (Fsp3) is 0.500. The standard InChI is InChI=1S/C26H35N3O4/c1-32-24-9-7-22(8-10-24)26(31)29-13-11-27(12-14-29)19-25-20-28(15-16-33-25)18-23(30)17-21-5-3-2-4-6-21/h2-10,23,25,30H,11-20H2,1H3. The highest BCUT2D eigenvalue weighted by Crippen LogP contribution is 2.16. The van der Waals surface area contributed by atoms with E-state index in [1.807, 2.05) is 47.4 Å². The lowest BCUT2D eigenvalue weighted by Crippen LogP contribution is -2.54. The summed E-state index contributed by atoms with van der Waals surface area (Å²) in [5.41, 5.74) is 1.86. The maximum absolute atomic E-state index is 12.8. The van der Waals surface area contributed by atoms with E-state index in [4.69, 9.17) is 9.47 Å². The molecule has 178 valence electrons. The average Bonchev–Trinajstić information content (AvgIpc) is 2.85. The molecule has 2 saturated heterocycles. The molecule has 2 atom stereocenters. The third-order valence-electron chi connectivity index (χ3n) is 6.46. The van der Waals surface area contributed by atoms with E-state index in [1.54, 1.807) is 7.11 Å². The molecule has 1 amide bonds. The molecule has 1 N–H and O–H groups in total. The number of carbonyl (C=O) groups excluding carboxylic acids is 1. The number of β-amino-alcohol motifs (C(OH)–C–C–N with tert-alkyl or cyclic N) is 1. The number of aliphatic hydroxyl groups is 1. The Morgan fingerprint density at radius 1 is 1.03 bits per heavy atom. The fourth-order valence-corrected chi connectivity index (χ4v) is 4.64. The quantitative estimate of drug-likeness (QED) is 0.657. The number of methoxy groups -OCH3 is 1. The van der Waals surface area contributed by atoms with E-state index < -0.39 is 0 Å². The van der Waals surface area contributed by atoms with Gasteiger partial charge in [-0.3, -0.25) is 14.6 Å². The Kier molecular flexibility index (Phi) is 8.34. The highest BCUT2D eigenvalue weighted by Gasteiger charge is 2.27. The normalized spacial score (nSPS) is 21.0. The molecule has 2 fully saturated rings. The van der Waals surface area contributed by atoms with Gasteiger partial charge in [-0.25, -0.2) is 0 Å². The van der Waals surface area contributed by atoms with Gasteiger partial charge in [-0.05, 0) is 36.2 Å². The Balaban J connectivity index is 1.20. The van der Waals surface area contributed by atoms with Crippen molar-refractivity contribution < 1.29 is 19.4 Å². The molecular weight excluding hydrogens is 418 g/mol. The van der Waals surface area contributed by atoms with Gasteiger partial charge >= 0.3 is 0 Å². The fourth-order valence-electron chi connectivity index (χ4n) is 4.64. The molecule has 2 aromatic carbocycles. The van der Waals surface area contributed by atoms with Crippen LogP contribution in [0.15, 0.2) is 54.6 Å². The van der Waals surface area contributed by atoms with Gasteiger partial charge in [0.15, 0.2) is 0 Å². The largest absolute Gasteiger partial charge is 0.497 e. The molecule has 7 nitrogen and oxygen atoms in total. The second kappa shape index (κ2) is 11.6. The first-order valence-electron chi connectivity index (χ1n) is 11.8. The number of ether oxygens (including phenoxy) is 2. The number of carbonyl (C=O) groups is 1. The predicted molar refractivity (Wildman–Crippen MR) is 128 cm³/mol. The third kappa shape index (κ3) is 6.77. The van der Waals surface area contributed by atoms with E-state index in [-0.39, 0.29) is 18.1 Å². The zero-order chi connectivity index (χ0) is 23.0. The highest BCUT2D eigenvalue weighted by atomic mass is 16.5. The first kappa shape index (κ1) is 23.7. The topological polar surface area (TPSA) is 65.5 Å². The van der Waals surface area contributed by atoms with Crippen LogP contribution in [0.3, 0.4) is 0 Å². The van der Waals surface area contributed by atoms with Crippen LogP contribution in [0, 0.1) is 0 Å². The number of amides is 1. The summed E-state index contributed by atoms with van der Waals surface area (Å²) in [4.78, 5) is 19.4. The second-order valence-electron chi connectivity index (χ2n) is 8.92. The summed E-state index contributed by atoms with van der Waals surface area (Å²) in [6.07, 6.45) is 0.428. The maximum Gasteiger partial charge on any atom is 0.253 e. The van der Waals surface area contributed by atoms with Crippen molar-refractivity contribution in [3.63, 3.8) is 0 Å². The van der Waals surface area contributed by atoms with Crippen LogP contribution in [0.4, 0.5) is 0 Å². The van der Waals surface area contributed by atoms with Gasteiger partial charge in [-0.2, -0.15) is 0 Å². The minimum atomic E-state index is -0.376. The van der Waals surface area contributed by atoms with Gasteiger partial charge in [0.2, 0.25) is 0 Å². The minimum absolute atomic E-state index is 0.0739. The van der Waals surface area contributed by atoms with E-state index in [9.17, 15) is 9.90 Å². The number of benzene rings is 2. The lowest BCUT2D eigenvalue weighted by Gasteiger charge is -2.39. The summed E-state index contributed by atoms with van der Waals surface area (Å²) < 4.78 is 11.2. The lowest BCUT2D eigenvalue weighted by molar-refractivity contribution is -0.0562. The van der Waals surface area contributed by atoms with E-state index in [2.05, 4.69) is 21.9 Å². The van der Waals surface area contributed by atoms with Crippen LogP contribution in [-0.2, 0) is 11.2 Å². The molecule has 2 aliphatic heterocycles. The number of rotatable bonds is 8. The van der Waals surface area contributed by atoms with Crippen LogP contribution in [0.25, 0.3) is 0 Å². The number of nitrogens with zero attached hydrogens (tertiary/aromatic N) is 3. The monoisotopic (exact) mass is 453 g/mol. The van der Waals surface area contributed by atoms with Gasteiger partial charge in [-0.15, -0.1) is 0 Å². The number of hydrogen-bond acceptors (Lipinski definition) is 6. The molecule has 2 heterocycles. The minimum Gasteiger partial charge on any atom is -0.497 e. The molecule has 0 saturated carbocycles. The van der Waals surface area contributed by atoms with E-state index >= 15 is 0 Å². The summed E-state index contributed by atoms with van der Waals surface area (Å²) in [5, 5.41) is 10.5. The van der Waals surface area contributed by atoms with Crippen LogP contribution < -0.4 is 4.74 Å². The van der Waals surface area contributed by atoms with Crippen molar-refractivity contribution in [1.82, 2.24) is 14.7 Å². The molecule has 2 unspecified atom stereocenters. The van der Waals surface area contributed by atoms with Crippen LogP contribution in [0.1, 0.15) is 15.9 Å². The number of morpholine rings is 1. The molecule has 7 heteroatoms. The molecule has 2 aliphatic rings. The SMILES string of the molecule is COc1ccc(C(=O)N2CCN(CC3CN(CC(O)Cc4ccccc4)CCO3)CC2)cc1. The summed E-state index contributed by atoms with van der Waals surface area (Å²) >= 11 is 0. The van der Waals surface area contributed by atoms with E-state index in [0.717, 1.165) is 57.1 Å². The van der Waals surface area contributed by atoms with Gasteiger partial charge < -0.3 is 19.5 Å². The predicted octanol–water partition coefficient (Wildman–Crippen LogP) is 1.76. The number of piperazine rings is 1. The molecule has 0 spiro atoms. The Hall–Kier alpha value is -2.45. The Bertz CT molecular complexity index is 869. The lowest BCUT2D eigenvalue weighted by atomic mass is 10.1. The Morgan fingerprint density at radius 2 is 1.76 bits per heavy atom. The highest BCUT2D eigenvalue weighted by molar-refractivity contribution is 5.94. The molecule has 0 aromatic heterocycles. The first-order chi connectivity index (χ1) is 16.1. The van der Waals surface area contributed by atoms with Crippen molar-refractivity contribution in [3.8, 4) is 5.75 Å². The van der Waals surface area contributed by atoms with Gasteiger partial charge in [0.05, 0.1) is 25.9 Å². The molecule has 0 aliphatic carbocycles. The molecule has 33 heavy (non-hydrogen) atoms. The Morgan fingerprint density at radius 3 is 2.45 bits per heavy atom. The van der Waals surface area contributed by atoms with Crippen LogP contribution in [-0.4, -0.2) is 104 Å². The average molecular weight is 454 g/mol. The molecule has 0 bridgehead atoms. The van der Waals surface area contributed by atoms with Crippen LogP contribution in [0.2, 0.25) is 0 Å². The van der Waals surface area contributed by atoms with Gasteiger partial charge in [0.1, 0.15) is 5.75 Å². The first-order valence-corrected chi connectivity index (χ1v) is 11.8. The maximum atomic E-state index is 12.8. The molecule has 0 radical (unpaired) electrons. The second-order valence-corrected chi connectivity index (χ2v) is 8.92. The van der Waals surface area contributed by atoms with Crippen molar-refractivity contribution in [3.05, 3.63) is 65.7 Å². The van der Waals surface area contributed by atoms with Crippen molar-refractivity contribution >= 4 is 5.91 Å².